The number of hydrogen-bond donors (Lipinski definition) is 3. The summed E-state index contributed by atoms with van der Waals surface area (Å²) in [6.45, 7) is 3.81. The number of aromatic nitrogens is 2. The molecule has 1 unspecified atom stereocenters. The summed E-state index contributed by atoms with van der Waals surface area (Å²) in [6, 6.07) is -0.141. The number of carbonyl (C=O) groups excluding carboxylic acids is 2. The predicted octanol–water partition coefficient (Wildman–Crippen LogP) is -0.605. The van der Waals surface area contributed by atoms with Gasteiger partial charge in [0.25, 0.3) is 11.5 Å². The molecule has 2 rings (SSSR count). The molecule has 1 aromatic rings. The van der Waals surface area contributed by atoms with Crippen LogP contribution in [-0.4, -0.2) is 34.6 Å². The number of nitrogens with zero attached hydrogens (tertiary/aromatic N) is 1. The summed E-state index contributed by atoms with van der Waals surface area (Å²) in [7, 11) is 0. The second-order valence-corrected chi connectivity index (χ2v) is 4.65. The van der Waals surface area contributed by atoms with Gasteiger partial charge in [-0.05, 0) is 25.8 Å². The SMILES string of the molecule is Cc1n[nH]c(=O)c(C(=O)NC2CCC(=O)NC2)c1C. The van der Waals surface area contributed by atoms with Crippen LogP contribution in [-0.2, 0) is 4.79 Å². The molecule has 0 aromatic carbocycles. The Hall–Kier alpha value is -2.18. The molecule has 0 saturated carbocycles. The van der Waals surface area contributed by atoms with Gasteiger partial charge in [-0.25, -0.2) is 5.10 Å². The molecule has 1 aliphatic heterocycles. The number of hydrogen-bond acceptors (Lipinski definition) is 4. The van der Waals surface area contributed by atoms with E-state index in [4.69, 9.17) is 0 Å². The molecule has 102 valence electrons. The number of aromatic amines is 1. The average molecular weight is 264 g/mol. The Morgan fingerprint density at radius 3 is 2.74 bits per heavy atom. The molecular weight excluding hydrogens is 248 g/mol. The highest BCUT2D eigenvalue weighted by Gasteiger charge is 2.23. The molecule has 19 heavy (non-hydrogen) atoms. The van der Waals surface area contributed by atoms with Crippen LogP contribution in [0.2, 0.25) is 0 Å². The van der Waals surface area contributed by atoms with Crippen molar-refractivity contribution >= 4 is 11.8 Å². The zero-order valence-corrected chi connectivity index (χ0v) is 10.9. The highest BCUT2D eigenvalue weighted by Crippen LogP contribution is 2.07. The van der Waals surface area contributed by atoms with Gasteiger partial charge >= 0.3 is 0 Å². The van der Waals surface area contributed by atoms with Crippen LogP contribution in [0.4, 0.5) is 0 Å². The highest BCUT2D eigenvalue weighted by molar-refractivity contribution is 5.95. The first kappa shape index (κ1) is 13.3. The van der Waals surface area contributed by atoms with Crippen molar-refractivity contribution in [3.8, 4) is 0 Å². The van der Waals surface area contributed by atoms with Gasteiger partial charge in [0, 0.05) is 19.0 Å². The highest BCUT2D eigenvalue weighted by atomic mass is 16.2. The molecule has 0 spiro atoms. The van der Waals surface area contributed by atoms with E-state index in [1.165, 1.54) is 0 Å². The molecule has 0 radical (unpaired) electrons. The average Bonchev–Trinajstić information content (AvgIpc) is 2.37. The Bertz CT molecular complexity index is 569. The predicted molar refractivity (Wildman–Crippen MR) is 67.8 cm³/mol. The first-order valence-corrected chi connectivity index (χ1v) is 6.12. The molecule has 1 atom stereocenters. The summed E-state index contributed by atoms with van der Waals surface area (Å²) in [6.07, 6.45) is 0.967. The van der Waals surface area contributed by atoms with E-state index in [1.807, 2.05) is 0 Å². The molecule has 1 aliphatic rings. The number of amides is 2. The third-order valence-electron chi connectivity index (χ3n) is 3.30. The van der Waals surface area contributed by atoms with Crippen LogP contribution < -0.4 is 16.2 Å². The van der Waals surface area contributed by atoms with Gasteiger partial charge in [0.05, 0.1) is 5.69 Å². The third kappa shape index (κ3) is 2.81. The number of H-pyrrole nitrogens is 1. The summed E-state index contributed by atoms with van der Waals surface area (Å²) in [5.74, 6) is -0.440. The minimum absolute atomic E-state index is 0.0146. The maximum atomic E-state index is 12.1. The van der Waals surface area contributed by atoms with Crippen LogP contribution in [0.3, 0.4) is 0 Å². The maximum absolute atomic E-state index is 12.1. The normalized spacial score (nSPS) is 18.8. The molecule has 0 bridgehead atoms. The smallest absolute Gasteiger partial charge is 0.277 e. The van der Waals surface area contributed by atoms with E-state index in [0.29, 0.717) is 30.6 Å². The van der Waals surface area contributed by atoms with Crippen molar-refractivity contribution in [1.82, 2.24) is 20.8 Å². The standard InChI is InChI=1S/C12H16N4O3/c1-6-7(2)15-16-12(19)10(6)11(18)14-8-3-4-9(17)13-5-8/h8H,3-5H2,1-2H3,(H,13,17)(H,14,18)(H,16,19). The van der Waals surface area contributed by atoms with Gasteiger partial charge in [0.15, 0.2) is 0 Å². The minimum atomic E-state index is -0.500. The second-order valence-electron chi connectivity index (χ2n) is 4.65. The number of nitrogens with one attached hydrogen (secondary N) is 3. The lowest BCUT2D eigenvalue weighted by molar-refractivity contribution is -0.122. The third-order valence-corrected chi connectivity index (χ3v) is 3.30. The Morgan fingerprint density at radius 2 is 2.11 bits per heavy atom. The van der Waals surface area contributed by atoms with Crippen LogP contribution in [0.5, 0.6) is 0 Å². The molecule has 2 amide bonds. The Labute approximate surface area is 109 Å². The van der Waals surface area contributed by atoms with Gasteiger partial charge < -0.3 is 10.6 Å². The monoisotopic (exact) mass is 264 g/mol. The molecule has 1 aromatic heterocycles. The number of piperidine rings is 1. The van der Waals surface area contributed by atoms with Crippen LogP contribution >= 0.6 is 0 Å². The van der Waals surface area contributed by atoms with Crippen molar-refractivity contribution in [3.05, 3.63) is 27.2 Å². The summed E-state index contributed by atoms with van der Waals surface area (Å²) in [5.41, 5.74) is 0.771. The van der Waals surface area contributed by atoms with Crippen molar-refractivity contribution in [2.24, 2.45) is 0 Å². The fraction of sp³-hybridized carbons (Fsp3) is 0.500. The Kier molecular flexibility index (Phi) is 3.64. The number of aryl methyl sites for hydroxylation is 1. The van der Waals surface area contributed by atoms with Gasteiger partial charge in [-0.2, -0.15) is 5.10 Å². The molecule has 3 N–H and O–H groups in total. The Balaban J connectivity index is 2.15. The van der Waals surface area contributed by atoms with Gasteiger partial charge in [-0.3, -0.25) is 14.4 Å². The van der Waals surface area contributed by atoms with Crippen LogP contribution in [0.25, 0.3) is 0 Å². The number of carbonyl (C=O) groups is 2. The van der Waals surface area contributed by atoms with E-state index in [0.717, 1.165) is 0 Å². The van der Waals surface area contributed by atoms with E-state index in [1.54, 1.807) is 13.8 Å². The lowest BCUT2D eigenvalue weighted by Crippen LogP contribution is -2.48. The first-order valence-electron chi connectivity index (χ1n) is 6.12. The number of rotatable bonds is 2. The maximum Gasteiger partial charge on any atom is 0.277 e. The van der Waals surface area contributed by atoms with Crippen molar-refractivity contribution in [2.45, 2.75) is 32.7 Å². The quantitative estimate of drug-likeness (QED) is 0.663. The molecule has 7 heteroatoms. The van der Waals surface area contributed by atoms with Crippen molar-refractivity contribution in [3.63, 3.8) is 0 Å². The largest absolute Gasteiger partial charge is 0.354 e. The van der Waals surface area contributed by atoms with Gasteiger partial charge in [-0.1, -0.05) is 0 Å². The molecule has 7 nitrogen and oxygen atoms in total. The van der Waals surface area contributed by atoms with Crippen LogP contribution in [0, 0.1) is 13.8 Å². The summed E-state index contributed by atoms with van der Waals surface area (Å²) in [5, 5.41) is 11.5. The van der Waals surface area contributed by atoms with Crippen molar-refractivity contribution in [1.29, 1.82) is 0 Å². The van der Waals surface area contributed by atoms with E-state index in [-0.39, 0.29) is 17.5 Å². The molecule has 1 fully saturated rings. The topological polar surface area (TPSA) is 104 Å². The zero-order chi connectivity index (χ0) is 14.0. The summed E-state index contributed by atoms with van der Waals surface area (Å²) in [4.78, 5) is 34.8. The van der Waals surface area contributed by atoms with E-state index < -0.39 is 11.5 Å². The van der Waals surface area contributed by atoms with Crippen LogP contribution in [0.15, 0.2) is 4.79 Å². The lowest BCUT2D eigenvalue weighted by atomic mass is 10.1. The summed E-state index contributed by atoms with van der Waals surface area (Å²) >= 11 is 0. The molecular formula is C12H16N4O3. The van der Waals surface area contributed by atoms with Gasteiger partial charge in [0.2, 0.25) is 5.91 Å². The first-order chi connectivity index (χ1) is 8.99. The molecule has 1 saturated heterocycles. The molecule has 0 aliphatic carbocycles. The zero-order valence-electron chi connectivity index (χ0n) is 10.9. The van der Waals surface area contributed by atoms with Crippen molar-refractivity contribution in [2.75, 3.05) is 6.54 Å². The van der Waals surface area contributed by atoms with Gasteiger partial charge in [-0.15, -0.1) is 0 Å². The fourth-order valence-electron chi connectivity index (χ4n) is 2.01. The van der Waals surface area contributed by atoms with Gasteiger partial charge in [0.1, 0.15) is 5.56 Å². The second kappa shape index (κ2) is 5.21. The van der Waals surface area contributed by atoms with E-state index in [9.17, 15) is 14.4 Å². The Morgan fingerprint density at radius 1 is 1.37 bits per heavy atom. The van der Waals surface area contributed by atoms with E-state index in [2.05, 4.69) is 20.8 Å². The molecule has 2 heterocycles. The minimum Gasteiger partial charge on any atom is -0.354 e. The summed E-state index contributed by atoms with van der Waals surface area (Å²) < 4.78 is 0. The van der Waals surface area contributed by atoms with E-state index >= 15 is 0 Å². The lowest BCUT2D eigenvalue weighted by Gasteiger charge is -2.23. The fourth-order valence-corrected chi connectivity index (χ4v) is 2.01. The van der Waals surface area contributed by atoms with Crippen LogP contribution in [0.1, 0.15) is 34.5 Å². The van der Waals surface area contributed by atoms with Crippen molar-refractivity contribution < 1.29 is 9.59 Å².